The first kappa shape index (κ1) is 21.7. The molecule has 0 saturated carbocycles. The number of carbonyl (C=O) groups excluding carboxylic acids is 4. The smallest absolute Gasteiger partial charge is 0.329 e. The molecule has 30 heavy (non-hydrogen) atoms. The molecule has 0 spiro atoms. The Morgan fingerprint density at radius 1 is 1.10 bits per heavy atom. The van der Waals surface area contributed by atoms with Crippen LogP contribution in [0, 0.1) is 18.8 Å². The van der Waals surface area contributed by atoms with Crippen molar-refractivity contribution < 1.29 is 23.9 Å². The molecule has 1 fully saturated rings. The van der Waals surface area contributed by atoms with Crippen molar-refractivity contribution in [3.05, 3.63) is 41.5 Å². The summed E-state index contributed by atoms with van der Waals surface area (Å²) in [5, 5.41) is 2.81. The van der Waals surface area contributed by atoms with Crippen LogP contribution in [0.25, 0.3) is 0 Å². The molecule has 3 atom stereocenters. The number of rotatable bonds is 6. The Morgan fingerprint density at radius 2 is 1.70 bits per heavy atom. The van der Waals surface area contributed by atoms with E-state index < -0.39 is 36.4 Å². The summed E-state index contributed by atoms with van der Waals surface area (Å²) in [4.78, 5) is 51.0. The summed E-state index contributed by atoms with van der Waals surface area (Å²) in [6.45, 7) is 6.93. The van der Waals surface area contributed by atoms with Crippen LogP contribution in [0.5, 0.6) is 0 Å². The number of esters is 1. The molecular formula is C23H28N2O5. The lowest BCUT2D eigenvalue weighted by Gasteiger charge is -2.21. The molecule has 7 heteroatoms. The van der Waals surface area contributed by atoms with Gasteiger partial charge in [-0.05, 0) is 43.7 Å². The minimum Gasteiger partial charge on any atom is -0.454 e. The number of imide groups is 1. The second-order valence-electron chi connectivity index (χ2n) is 8.23. The lowest BCUT2D eigenvalue weighted by Crippen LogP contribution is -2.45. The Kier molecular flexibility index (Phi) is 6.39. The van der Waals surface area contributed by atoms with Crippen LogP contribution >= 0.6 is 0 Å². The standard InChI is InChI=1S/C23H28N2O5/c1-13(2)16-11-7-8-14(3)20(16)24-19(26)12-30-23(29)15(4)25-21(27)17-9-5-6-10-18(17)22(25)28/h5-8,11,13,15,17-18H,9-10,12H2,1-4H3,(H,24,26)/t15-,17+,18+/m0/s1. The van der Waals surface area contributed by atoms with E-state index >= 15 is 0 Å². The number of ether oxygens (including phenoxy) is 1. The Balaban J connectivity index is 1.60. The van der Waals surface area contributed by atoms with Gasteiger partial charge in [0.05, 0.1) is 11.8 Å². The van der Waals surface area contributed by atoms with Crippen molar-refractivity contribution in [2.45, 2.75) is 52.5 Å². The first-order valence-electron chi connectivity index (χ1n) is 10.3. The van der Waals surface area contributed by atoms with Gasteiger partial charge in [0.15, 0.2) is 6.61 Å². The van der Waals surface area contributed by atoms with E-state index in [2.05, 4.69) is 5.32 Å². The normalized spacial score (nSPS) is 21.6. The minimum atomic E-state index is -1.06. The largest absolute Gasteiger partial charge is 0.454 e. The van der Waals surface area contributed by atoms with Crippen molar-refractivity contribution in [3.8, 4) is 0 Å². The van der Waals surface area contributed by atoms with Gasteiger partial charge >= 0.3 is 5.97 Å². The molecule has 1 N–H and O–H groups in total. The van der Waals surface area contributed by atoms with E-state index in [1.54, 1.807) is 0 Å². The Hall–Kier alpha value is -2.96. The van der Waals surface area contributed by atoms with E-state index in [9.17, 15) is 19.2 Å². The molecule has 160 valence electrons. The molecule has 1 saturated heterocycles. The zero-order chi connectivity index (χ0) is 22.0. The number of para-hydroxylation sites is 1. The van der Waals surface area contributed by atoms with Gasteiger partial charge in [0.2, 0.25) is 11.8 Å². The quantitative estimate of drug-likeness (QED) is 0.441. The lowest BCUT2D eigenvalue weighted by molar-refractivity contribution is -0.159. The van der Waals surface area contributed by atoms with Crippen molar-refractivity contribution >= 4 is 29.4 Å². The molecular weight excluding hydrogens is 384 g/mol. The van der Waals surface area contributed by atoms with E-state index in [-0.39, 0.29) is 17.7 Å². The highest BCUT2D eigenvalue weighted by molar-refractivity contribution is 6.08. The van der Waals surface area contributed by atoms with Gasteiger partial charge in [-0.25, -0.2) is 4.79 Å². The van der Waals surface area contributed by atoms with E-state index in [0.717, 1.165) is 16.0 Å². The first-order chi connectivity index (χ1) is 14.2. The summed E-state index contributed by atoms with van der Waals surface area (Å²) in [5.74, 6) is -2.52. The van der Waals surface area contributed by atoms with Crippen molar-refractivity contribution in [2.75, 3.05) is 11.9 Å². The van der Waals surface area contributed by atoms with E-state index in [1.165, 1.54) is 6.92 Å². The predicted octanol–water partition coefficient (Wildman–Crippen LogP) is 2.94. The second-order valence-corrected chi connectivity index (χ2v) is 8.23. The summed E-state index contributed by atoms with van der Waals surface area (Å²) >= 11 is 0. The summed E-state index contributed by atoms with van der Waals surface area (Å²) in [6, 6.07) is 4.71. The number of hydrogen-bond acceptors (Lipinski definition) is 5. The number of anilines is 1. The number of benzene rings is 1. The fourth-order valence-corrected chi connectivity index (χ4v) is 4.09. The second kappa shape index (κ2) is 8.81. The molecule has 0 radical (unpaired) electrons. The van der Waals surface area contributed by atoms with E-state index in [1.807, 2.05) is 51.1 Å². The lowest BCUT2D eigenvalue weighted by atomic mass is 9.85. The average molecular weight is 412 g/mol. The van der Waals surface area contributed by atoms with Gasteiger partial charge in [-0.2, -0.15) is 0 Å². The first-order valence-corrected chi connectivity index (χ1v) is 10.3. The number of hydrogen-bond donors (Lipinski definition) is 1. The maximum Gasteiger partial charge on any atom is 0.329 e. The molecule has 3 amide bonds. The summed E-state index contributed by atoms with van der Waals surface area (Å²) in [5.41, 5.74) is 2.62. The van der Waals surface area contributed by atoms with Crippen LogP contribution in [-0.4, -0.2) is 41.2 Å². The number of likely N-dealkylation sites (tertiary alicyclic amines) is 1. The van der Waals surface area contributed by atoms with E-state index in [0.29, 0.717) is 18.5 Å². The molecule has 1 heterocycles. The number of nitrogens with one attached hydrogen (secondary N) is 1. The van der Waals surface area contributed by atoms with Gasteiger partial charge in [-0.1, -0.05) is 44.2 Å². The highest BCUT2D eigenvalue weighted by atomic mass is 16.5. The Bertz CT molecular complexity index is 879. The third-order valence-corrected chi connectivity index (χ3v) is 5.81. The van der Waals surface area contributed by atoms with Gasteiger partial charge in [-0.15, -0.1) is 0 Å². The molecule has 1 aromatic rings. The van der Waals surface area contributed by atoms with Crippen LogP contribution in [0.1, 0.15) is 50.7 Å². The van der Waals surface area contributed by atoms with Gasteiger partial charge in [-0.3, -0.25) is 19.3 Å². The third-order valence-electron chi connectivity index (χ3n) is 5.81. The number of amides is 3. The Morgan fingerprint density at radius 3 is 2.27 bits per heavy atom. The number of aryl methyl sites for hydroxylation is 1. The van der Waals surface area contributed by atoms with Crippen LogP contribution in [0.15, 0.2) is 30.4 Å². The SMILES string of the molecule is Cc1cccc(C(C)C)c1NC(=O)COC(=O)[C@H](C)N1C(=O)[C@@H]2CC=CC[C@H]2C1=O. The van der Waals surface area contributed by atoms with Gasteiger partial charge < -0.3 is 10.1 Å². The van der Waals surface area contributed by atoms with Crippen LogP contribution in [0.2, 0.25) is 0 Å². The van der Waals surface area contributed by atoms with Crippen molar-refractivity contribution in [3.63, 3.8) is 0 Å². The number of allylic oxidation sites excluding steroid dienone is 2. The number of fused-ring (bicyclic) bond motifs is 1. The molecule has 0 bridgehead atoms. The van der Waals surface area contributed by atoms with Crippen LogP contribution in [-0.2, 0) is 23.9 Å². The maximum absolute atomic E-state index is 12.6. The van der Waals surface area contributed by atoms with Crippen molar-refractivity contribution in [2.24, 2.45) is 11.8 Å². The molecule has 3 rings (SSSR count). The highest BCUT2D eigenvalue weighted by Gasteiger charge is 2.50. The highest BCUT2D eigenvalue weighted by Crippen LogP contribution is 2.36. The third kappa shape index (κ3) is 4.15. The van der Waals surface area contributed by atoms with Gasteiger partial charge in [0, 0.05) is 5.69 Å². The number of carbonyl (C=O) groups is 4. The molecule has 0 aromatic heterocycles. The molecule has 2 aliphatic rings. The van der Waals surface area contributed by atoms with Gasteiger partial charge in [0.25, 0.3) is 5.91 Å². The molecule has 0 unspecified atom stereocenters. The maximum atomic E-state index is 12.6. The van der Waals surface area contributed by atoms with Crippen LogP contribution < -0.4 is 5.32 Å². The summed E-state index contributed by atoms with van der Waals surface area (Å²) in [6.07, 6.45) is 4.79. The topological polar surface area (TPSA) is 92.8 Å². The predicted molar refractivity (Wildman–Crippen MR) is 112 cm³/mol. The zero-order valence-electron chi connectivity index (χ0n) is 17.8. The molecule has 1 aromatic carbocycles. The van der Waals surface area contributed by atoms with Gasteiger partial charge in [0.1, 0.15) is 6.04 Å². The molecule has 1 aliphatic carbocycles. The molecule has 7 nitrogen and oxygen atoms in total. The minimum absolute atomic E-state index is 0.216. The monoisotopic (exact) mass is 412 g/mol. The Labute approximate surface area is 176 Å². The fraction of sp³-hybridized carbons (Fsp3) is 0.478. The van der Waals surface area contributed by atoms with Crippen molar-refractivity contribution in [1.29, 1.82) is 0 Å². The average Bonchev–Trinajstić information content (AvgIpc) is 2.97. The van der Waals surface area contributed by atoms with Crippen molar-refractivity contribution in [1.82, 2.24) is 4.90 Å². The van der Waals surface area contributed by atoms with Crippen LogP contribution in [0.3, 0.4) is 0 Å². The van der Waals surface area contributed by atoms with E-state index in [4.69, 9.17) is 4.74 Å². The van der Waals surface area contributed by atoms with Crippen LogP contribution in [0.4, 0.5) is 5.69 Å². The number of nitrogens with zero attached hydrogens (tertiary/aromatic N) is 1. The summed E-state index contributed by atoms with van der Waals surface area (Å²) < 4.78 is 5.13. The fourth-order valence-electron chi connectivity index (χ4n) is 4.09. The summed E-state index contributed by atoms with van der Waals surface area (Å²) in [7, 11) is 0. The zero-order valence-corrected chi connectivity index (χ0v) is 17.8. The molecule has 1 aliphatic heterocycles.